The topological polar surface area (TPSA) is 42.7 Å². The van der Waals surface area contributed by atoms with Crippen LogP contribution in [0, 0.1) is 5.82 Å². The molecule has 2 rings (SSSR count). The first-order valence-electron chi connectivity index (χ1n) is 6.18. The molecule has 0 aliphatic rings. The molecular formula is C13H16BrFN4. The minimum absolute atomic E-state index is 0.214. The summed E-state index contributed by atoms with van der Waals surface area (Å²) in [6.45, 7) is 3.52. The van der Waals surface area contributed by atoms with E-state index in [1.807, 2.05) is 6.07 Å². The minimum atomic E-state index is -0.214. The molecule has 0 amide bonds. The molecule has 19 heavy (non-hydrogen) atoms. The van der Waals surface area contributed by atoms with Gasteiger partial charge in [-0.15, -0.1) is 5.10 Å². The van der Waals surface area contributed by atoms with Gasteiger partial charge in [-0.3, -0.25) is 0 Å². The van der Waals surface area contributed by atoms with E-state index in [-0.39, 0.29) is 5.82 Å². The summed E-state index contributed by atoms with van der Waals surface area (Å²) >= 11 is 3.32. The van der Waals surface area contributed by atoms with Crippen molar-refractivity contribution in [1.82, 2.24) is 20.3 Å². The number of halogens is 2. The summed E-state index contributed by atoms with van der Waals surface area (Å²) in [5.74, 6) is -0.214. The number of aryl methyl sites for hydroxylation is 1. The number of aromatic nitrogens is 3. The van der Waals surface area contributed by atoms with Crippen LogP contribution in [0.15, 0.2) is 22.8 Å². The van der Waals surface area contributed by atoms with Gasteiger partial charge >= 0.3 is 0 Å². The Hall–Kier alpha value is -1.27. The molecule has 4 nitrogen and oxygen atoms in total. The smallest absolute Gasteiger partial charge is 0.156 e. The van der Waals surface area contributed by atoms with Crippen LogP contribution in [0.25, 0.3) is 11.3 Å². The first-order chi connectivity index (χ1) is 9.13. The van der Waals surface area contributed by atoms with Crippen molar-refractivity contribution >= 4 is 15.9 Å². The Morgan fingerprint density at radius 1 is 1.42 bits per heavy atom. The summed E-state index contributed by atoms with van der Waals surface area (Å²) in [6.07, 6.45) is 1.04. The zero-order valence-electron chi connectivity index (χ0n) is 11.0. The number of nitrogens with one attached hydrogen (secondary N) is 1. The van der Waals surface area contributed by atoms with Gasteiger partial charge in [0.1, 0.15) is 11.5 Å². The predicted molar refractivity (Wildman–Crippen MR) is 76.1 cm³/mol. The number of benzene rings is 1. The maximum absolute atomic E-state index is 14.0. The Morgan fingerprint density at radius 3 is 2.79 bits per heavy atom. The molecule has 1 heterocycles. The third-order valence-electron chi connectivity index (χ3n) is 2.85. The molecule has 6 heteroatoms. The fourth-order valence-electron chi connectivity index (χ4n) is 1.88. The molecule has 1 aromatic heterocycles. The van der Waals surface area contributed by atoms with Gasteiger partial charge in [-0.25, -0.2) is 9.07 Å². The van der Waals surface area contributed by atoms with Gasteiger partial charge in [-0.2, -0.15) is 0 Å². The SMILES string of the molecule is CCCNCc1ccc(-c2c(Br)nnn2C)cc1F. The summed E-state index contributed by atoms with van der Waals surface area (Å²) < 4.78 is 16.3. The van der Waals surface area contributed by atoms with E-state index in [0.717, 1.165) is 24.2 Å². The van der Waals surface area contributed by atoms with Gasteiger partial charge in [-0.1, -0.05) is 24.3 Å². The normalized spacial score (nSPS) is 10.9. The fraction of sp³-hybridized carbons (Fsp3) is 0.385. The van der Waals surface area contributed by atoms with Crippen LogP contribution in [-0.4, -0.2) is 21.5 Å². The second kappa shape index (κ2) is 6.25. The van der Waals surface area contributed by atoms with E-state index in [0.29, 0.717) is 16.7 Å². The number of hydrogen-bond acceptors (Lipinski definition) is 3. The monoisotopic (exact) mass is 326 g/mol. The predicted octanol–water partition coefficient (Wildman–Crippen LogP) is 2.88. The van der Waals surface area contributed by atoms with Gasteiger partial charge in [0.2, 0.25) is 0 Å². The highest BCUT2D eigenvalue weighted by atomic mass is 79.9. The van der Waals surface area contributed by atoms with Crippen molar-refractivity contribution in [3.63, 3.8) is 0 Å². The second-order valence-electron chi connectivity index (χ2n) is 4.34. The summed E-state index contributed by atoms with van der Waals surface area (Å²) in [4.78, 5) is 0. The van der Waals surface area contributed by atoms with E-state index >= 15 is 0 Å². The molecule has 0 spiro atoms. The van der Waals surface area contributed by atoms with Crippen molar-refractivity contribution in [2.45, 2.75) is 19.9 Å². The summed E-state index contributed by atoms with van der Waals surface area (Å²) in [5, 5.41) is 11.0. The maximum atomic E-state index is 14.0. The van der Waals surface area contributed by atoms with E-state index in [4.69, 9.17) is 0 Å². The van der Waals surface area contributed by atoms with Crippen LogP contribution in [-0.2, 0) is 13.6 Å². The molecule has 0 fully saturated rings. The van der Waals surface area contributed by atoms with Gasteiger partial charge in [-0.05, 0) is 35.0 Å². The lowest BCUT2D eigenvalue weighted by Gasteiger charge is -2.07. The van der Waals surface area contributed by atoms with Crippen molar-refractivity contribution in [3.8, 4) is 11.3 Å². The van der Waals surface area contributed by atoms with Crippen molar-refractivity contribution in [1.29, 1.82) is 0 Å². The molecule has 0 radical (unpaired) electrons. The molecular weight excluding hydrogens is 311 g/mol. The lowest BCUT2D eigenvalue weighted by atomic mass is 10.1. The van der Waals surface area contributed by atoms with Crippen LogP contribution in [0.3, 0.4) is 0 Å². The van der Waals surface area contributed by atoms with Crippen molar-refractivity contribution in [2.75, 3.05) is 6.54 Å². The molecule has 0 unspecified atom stereocenters. The minimum Gasteiger partial charge on any atom is -0.313 e. The van der Waals surface area contributed by atoms with Gasteiger partial charge in [0.05, 0.1) is 0 Å². The van der Waals surface area contributed by atoms with Gasteiger partial charge in [0.15, 0.2) is 4.60 Å². The zero-order chi connectivity index (χ0) is 13.8. The molecule has 102 valence electrons. The number of nitrogens with zero attached hydrogens (tertiary/aromatic N) is 3. The Morgan fingerprint density at radius 2 is 2.21 bits per heavy atom. The van der Waals surface area contributed by atoms with E-state index < -0.39 is 0 Å². The molecule has 1 N–H and O–H groups in total. The van der Waals surface area contributed by atoms with Crippen LogP contribution in [0.2, 0.25) is 0 Å². The van der Waals surface area contributed by atoms with Crippen molar-refractivity contribution in [3.05, 3.63) is 34.2 Å². The van der Waals surface area contributed by atoms with Crippen LogP contribution in [0.4, 0.5) is 4.39 Å². The average molecular weight is 327 g/mol. The zero-order valence-corrected chi connectivity index (χ0v) is 12.5. The summed E-state index contributed by atoms with van der Waals surface area (Å²) in [5.41, 5.74) is 2.20. The lowest BCUT2D eigenvalue weighted by Crippen LogP contribution is -2.14. The van der Waals surface area contributed by atoms with Gasteiger partial charge in [0, 0.05) is 24.7 Å². The molecule has 0 saturated heterocycles. The van der Waals surface area contributed by atoms with Gasteiger partial charge < -0.3 is 5.32 Å². The van der Waals surface area contributed by atoms with Crippen LogP contribution >= 0.6 is 15.9 Å². The van der Waals surface area contributed by atoms with E-state index in [2.05, 4.69) is 38.5 Å². The standard InChI is InChI=1S/C13H16BrFN4/c1-3-6-16-8-10-5-4-9(7-11(10)15)12-13(14)17-18-19(12)2/h4-5,7,16H,3,6,8H2,1-2H3. The average Bonchev–Trinajstić information content (AvgIpc) is 2.71. The third-order valence-corrected chi connectivity index (χ3v) is 3.39. The number of rotatable bonds is 5. The molecule has 2 aromatic rings. The van der Waals surface area contributed by atoms with Gasteiger partial charge in [0.25, 0.3) is 0 Å². The third kappa shape index (κ3) is 3.19. The molecule has 1 aromatic carbocycles. The first-order valence-corrected chi connectivity index (χ1v) is 6.97. The quantitative estimate of drug-likeness (QED) is 0.859. The number of hydrogen-bond donors (Lipinski definition) is 1. The first kappa shape index (κ1) is 14.1. The highest BCUT2D eigenvalue weighted by molar-refractivity contribution is 9.10. The molecule has 0 bridgehead atoms. The Kier molecular flexibility index (Phi) is 4.66. The summed E-state index contributed by atoms with van der Waals surface area (Å²) in [7, 11) is 1.78. The van der Waals surface area contributed by atoms with E-state index in [1.165, 1.54) is 6.07 Å². The highest BCUT2D eigenvalue weighted by Gasteiger charge is 2.12. The van der Waals surface area contributed by atoms with Crippen molar-refractivity contribution in [2.24, 2.45) is 7.05 Å². The lowest BCUT2D eigenvalue weighted by molar-refractivity contribution is 0.586. The molecule has 0 aliphatic heterocycles. The Bertz CT molecular complexity index is 548. The fourth-order valence-corrected chi connectivity index (χ4v) is 2.43. The Balaban J connectivity index is 2.24. The van der Waals surface area contributed by atoms with Crippen molar-refractivity contribution < 1.29 is 4.39 Å². The molecule has 0 atom stereocenters. The maximum Gasteiger partial charge on any atom is 0.156 e. The van der Waals surface area contributed by atoms with Crippen LogP contribution in [0.5, 0.6) is 0 Å². The van der Waals surface area contributed by atoms with Crippen LogP contribution < -0.4 is 5.32 Å². The molecule has 0 aliphatic carbocycles. The van der Waals surface area contributed by atoms with E-state index in [1.54, 1.807) is 17.8 Å². The van der Waals surface area contributed by atoms with E-state index in [9.17, 15) is 4.39 Å². The molecule has 0 saturated carbocycles. The Labute approximate surface area is 120 Å². The second-order valence-corrected chi connectivity index (χ2v) is 5.09. The largest absolute Gasteiger partial charge is 0.313 e. The summed E-state index contributed by atoms with van der Waals surface area (Å²) in [6, 6.07) is 5.20. The highest BCUT2D eigenvalue weighted by Crippen LogP contribution is 2.26. The van der Waals surface area contributed by atoms with Crippen LogP contribution in [0.1, 0.15) is 18.9 Å².